The van der Waals surface area contributed by atoms with E-state index in [2.05, 4.69) is 34.4 Å². The Labute approximate surface area is 90.5 Å². The van der Waals surface area contributed by atoms with Crippen molar-refractivity contribution in [2.24, 2.45) is 0 Å². The molecule has 0 aromatic heterocycles. The maximum absolute atomic E-state index is 5.42. The molecule has 0 aliphatic rings. The van der Waals surface area contributed by atoms with Gasteiger partial charge in [0.15, 0.2) is 0 Å². The highest BCUT2D eigenvalue weighted by Crippen LogP contribution is 1.99. The molecule has 0 N–H and O–H groups in total. The SMILES string of the molecule is [CH3][Al]([CH3])[C]#CCOCc1ccccc1. The third kappa shape index (κ3) is 5.10. The van der Waals surface area contributed by atoms with E-state index in [0.717, 1.165) is 0 Å². The van der Waals surface area contributed by atoms with Crippen molar-refractivity contribution < 1.29 is 4.74 Å². The van der Waals surface area contributed by atoms with Crippen LogP contribution in [0.2, 0.25) is 11.6 Å². The number of rotatable bonds is 3. The Morgan fingerprint density at radius 1 is 1.21 bits per heavy atom. The molecule has 0 saturated carbocycles. The summed E-state index contributed by atoms with van der Waals surface area (Å²) in [4.78, 5) is 3.20. The van der Waals surface area contributed by atoms with Gasteiger partial charge < -0.3 is 4.74 Å². The van der Waals surface area contributed by atoms with Crippen LogP contribution in [0.5, 0.6) is 0 Å². The first-order chi connectivity index (χ1) is 6.79. The van der Waals surface area contributed by atoms with Crippen LogP contribution in [0.4, 0.5) is 0 Å². The van der Waals surface area contributed by atoms with Gasteiger partial charge in [-0.1, -0.05) is 47.8 Å². The largest absolute Gasteiger partial charge is 0.369 e. The molecule has 0 atom stereocenters. The summed E-state index contributed by atoms with van der Waals surface area (Å²) in [6.07, 6.45) is 0. The van der Waals surface area contributed by atoms with Crippen molar-refractivity contribution in [3.63, 3.8) is 0 Å². The van der Waals surface area contributed by atoms with Gasteiger partial charge in [0.2, 0.25) is 0 Å². The predicted molar refractivity (Wildman–Crippen MR) is 61.4 cm³/mol. The van der Waals surface area contributed by atoms with E-state index in [0.29, 0.717) is 13.2 Å². The summed E-state index contributed by atoms with van der Waals surface area (Å²) in [5.41, 5.74) is 1.20. The van der Waals surface area contributed by atoms with Crippen LogP contribution >= 0.6 is 0 Å². The zero-order valence-corrected chi connectivity index (χ0v) is 9.94. The Hall–Kier alpha value is -0.728. The molecular formula is C12H15AlO. The van der Waals surface area contributed by atoms with Crippen LogP contribution in [0, 0.1) is 10.7 Å². The van der Waals surface area contributed by atoms with Gasteiger partial charge in [-0.05, 0) is 5.56 Å². The first kappa shape index (κ1) is 11.3. The Bertz CT molecular complexity index is 308. The molecule has 14 heavy (non-hydrogen) atoms. The fourth-order valence-electron chi connectivity index (χ4n) is 1.04. The maximum atomic E-state index is 5.42. The average Bonchev–Trinajstić information content (AvgIpc) is 2.18. The lowest BCUT2D eigenvalue weighted by Crippen LogP contribution is -1.97. The van der Waals surface area contributed by atoms with Crippen LogP contribution < -0.4 is 0 Å². The quantitative estimate of drug-likeness (QED) is 0.415. The van der Waals surface area contributed by atoms with Crippen LogP contribution in [0.3, 0.4) is 0 Å². The minimum absolute atomic E-state index is 0.556. The molecule has 1 aromatic rings. The molecule has 0 spiro atoms. The first-order valence-electron chi connectivity index (χ1n) is 4.89. The molecule has 0 fully saturated rings. The van der Waals surface area contributed by atoms with Crippen LogP contribution in [-0.2, 0) is 11.3 Å². The Kier molecular flexibility index (Phi) is 5.42. The molecule has 0 saturated heterocycles. The van der Waals surface area contributed by atoms with Crippen LogP contribution in [0.15, 0.2) is 30.3 Å². The van der Waals surface area contributed by atoms with Crippen molar-refractivity contribution in [1.29, 1.82) is 0 Å². The molecule has 1 rings (SSSR count). The van der Waals surface area contributed by atoms with Crippen molar-refractivity contribution >= 4 is 14.1 Å². The lowest BCUT2D eigenvalue weighted by atomic mass is 10.2. The number of benzene rings is 1. The third-order valence-corrected chi connectivity index (χ3v) is 2.46. The summed E-state index contributed by atoms with van der Waals surface area (Å²) >= 11 is -0.728. The molecule has 0 heterocycles. The van der Waals surface area contributed by atoms with Gasteiger partial charge in [0, 0.05) is 0 Å². The van der Waals surface area contributed by atoms with E-state index in [1.54, 1.807) is 0 Å². The second kappa shape index (κ2) is 6.69. The second-order valence-electron chi connectivity index (χ2n) is 3.45. The van der Waals surface area contributed by atoms with Gasteiger partial charge in [-0.25, -0.2) is 4.78 Å². The van der Waals surface area contributed by atoms with Gasteiger partial charge >= 0.3 is 14.1 Å². The fraction of sp³-hybridized carbons (Fsp3) is 0.333. The summed E-state index contributed by atoms with van der Waals surface area (Å²) in [6.45, 7) is 1.22. The second-order valence-corrected chi connectivity index (χ2v) is 6.05. The Morgan fingerprint density at radius 3 is 2.57 bits per heavy atom. The van der Waals surface area contributed by atoms with Gasteiger partial charge in [0.25, 0.3) is 0 Å². The zero-order chi connectivity index (χ0) is 10.2. The Balaban J connectivity index is 2.21. The van der Waals surface area contributed by atoms with E-state index in [-0.39, 0.29) is 0 Å². The summed E-state index contributed by atoms with van der Waals surface area (Å²) in [7, 11) is 0. The predicted octanol–water partition coefficient (Wildman–Crippen LogP) is 2.50. The molecule has 72 valence electrons. The molecule has 0 aliphatic carbocycles. The van der Waals surface area contributed by atoms with Crippen molar-refractivity contribution in [3.8, 4) is 10.7 Å². The summed E-state index contributed by atoms with van der Waals surface area (Å²) in [5.74, 6) is 7.47. The van der Waals surface area contributed by atoms with E-state index in [9.17, 15) is 0 Å². The zero-order valence-electron chi connectivity index (χ0n) is 8.79. The third-order valence-electron chi connectivity index (χ3n) is 1.68. The highest BCUT2D eigenvalue weighted by molar-refractivity contribution is 6.64. The molecule has 0 radical (unpaired) electrons. The van der Waals surface area contributed by atoms with Crippen molar-refractivity contribution in [1.82, 2.24) is 0 Å². The molecule has 1 nitrogen and oxygen atoms in total. The van der Waals surface area contributed by atoms with Crippen molar-refractivity contribution in [2.45, 2.75) is 18.2 Å². The molecular weight excluding hydrogens is 187 g/mol. The van der Waals surface area contributed by atoms with E-state index < -0.39 is 14.1 Å². The Morgan fingerprint density at radius 2 is 1.93 bits per heavy atom. The van der Waals surface area contributed by atoms with Gasteiger partial charge in [-0.15, -0.1) is 0 Å². The molecule has 0 amide bonds. The van der Waals surface area contributed by atoms with Gasteiger partial charge in [0.05, 0.1) is 6.61 Å². The minimum Gasteiger partial charge on any atom is -0.364 e. The monoisotopic (exact) mass is 202 g/mol. The minimum atomic E-state index is -0.728. The molecule has 0 aliphatic heterocycles. The summed E-state index contributed by atoms with van der Waals surface area (Å²) in [5, 5.41) is 0. The highest BCUT2D eigenvalue weighted by Gasteiger charge is 1.93. The smallest absolute Gasteiger partial charge is 0.364 e. The van der Waals surface area contributed by atoms with Crippen LogP contribution in [0.1, 0.15) is 5.56 Å². The first-order valence-corrected chi connectivity index (χ1v) is 7.78. The standard InChI is InChI=1S/C10H9O.2CH3.Al/c1-2-8-11-9-10-6-4-3-5-7-10;;;/h3-7H,8-9H2;2*1H3;. The van der Waals surface area contributed by atoms with E-state index >= 15 is 0 Å². The number of hydrogen-bond acceptors (Lipinski definition) is 1. The lowest BCUT2D eigenvalue weighted by Gasteiger charge is -1.99. The fourth-order valence-corrected chi connectivity index (χ4v) is 1.53. The van der Waals surface area contributed by atoms with Crippen LogP contribution in [-0.4, -0.2) is 20.8 Å². The summed E-state index contributed by atoms with van der Waals surface area (Å²) in [6, 6.07) is 10.2. The van der Waals surface area contributed by atoms with Crippen molar-refractivity contribution in [2.75, 3.05) is 6.61 Å². The van der Waals surface area contributed by atoms with E-state index in [1.165, 1.54) is 5.56 Å². The average molecular weight is 202 g/mol. The van der Waals surface area contributed by atoms with E-state index in [1.807, 2.05) is 18.2 Å². The van der Waals surface area contributed by atoms with Gasteiger partial charge in [0.1, 0.15) is 6.61 Å². The molecule has 0 bridgehead atoms. The highest BCUT2D eigenvalue weighted by atomic mass is 27.2. The summed E-state index contributed by atoms with van der Waals surface area (Å²) < 4.78 is 5.42. The van der Waals surface area contributed by atoms with Gasteiger partial charge in [-0.3, -0.25) is 0 Å². The topological polar surface area (TPSA) is 9.23 Å². The number of ether oxygens (including phenoxy) is 1. The van der Waals surface area contributed by atoms with Gasteiger partial charge in [-0.2, -0.15) is 0 Å². The van der Waals surface area contributed by atoms with Crippen LogP contribution in [0.25, 0.3) is 0 Å². The molecule has 1 aromatic carbocycles. The maximum Gasteiger partial charge on any atom is 0.369 e. The molecule has 2 heteroatoms. The normalized spacial score (nSPS) is 9.00. The van der Waals surface area contributed by atoms with Crippen molar-refractivity contribution in [3.05, 3.63) is 35.9 Å². The number of hydrogen-bond donors (Lipinski definition) is 0. The lowest BCUT2D eigenvalue weighted by molar-refractivity contribution is 0.153. The molecule has 0 unspecified atom stereocenters. The van der Waals surface area contributed by atoms with E-state index in [4.69, 9.17) is 4.74 Å².